The Morgan fingerprint density at radius 2 is 1.76 bits per heavy atom. The van der Waals surface area contributed by atoms with Gasteiger partial charge >= 0.3 is 0 Å². The molecule has 8 heteroatoms. The van der Waals surface area contributed by atoms with Crippen LogP contribution in [0.1, 0.15) is 25.3 Å². The number of para-hydroxylation sites is 1. The molecule has 2 heterocycles. The Bertz CT molecular complexity index is 1020. The number of unbranched alkanes of at least 4 members (excludes halogenated alkanes) is 1. The molecule has 174 valence electrons. The molecule has 6 nitrogen and oxygen atoms in total. The third-order valence-electron chi connectivity index (χ3n) is 5.74. The molecule has 0 spiro atoms. The number of rotatable bonds is 8. The lowest BCUT2D eigenvalue weighted by molar-refractivity contribution is -0.124. The lowest BCUT2D eigenvalue weighted by Crippen LogP contribution is -2.50. The van der Waals surface area contributed by atoms with Crippen molar-refractivity contribution in [2.45, 2.75) is 19.8 Å². The van der Waals surface area contributed by atoms with Crippen LogP contribution in [-0.2, 0) is 4.79 Å². The zero-order valence-electron chi connectivity index (χ0n) is 18.7. The lowest BCUT2D eigenvalue weighted by atomic mass is 10.2. The van der Waals surface area contributed by atoms with Gasteiger partial charge in [-0.3, -0.25) is 19.4 Å². The summed E-state index contributed by atoms with van der Waals surface area (Å²) in [7, 11) is 0. The second-order valence-corrected chi connectivity index (χ2v) is 9.07. The number of halogens is 1. The predicted molar refractivity (Wildman–Crippen MR) is 130 cm³/mol. The minimum Gasteiger partial charge on any atom is -0.493 e. The quantitative estimate of drug-likeness (QED) is 0.408. The molecule has 0 bridgehead atoms. The number of nitrogens with zero attached hydrogens (tertiary/aromatic N) is 3. The molecule has 2 aromatic rings. The van der Waals surface area contributed by atoms with Gasteiger partial charge in [0.25, 0.3) is 11.1 Å². The predicted octanol–water partition coefficient (Wildman–Crippen LogP) is 4.82. The summed E-state index contributed by atoms with van der Waals surface area (Å²) >= 11 is 0.971. The molecule has 2 aliphatic heterocycles. The van der Waals surface area contributed by atoms with E-state index in [-0.39, 0.29) is 23.6 Å². The standard InChI is InChI=1S/C25H28FN3O3S/c1-2-3-16-32-22-7-5-4-6-19(22)17-23-24(30)29(25(31)33-23)18-27-12-14-28(15-13-27)21-10-8-20(26)9-11-21/h4-11,17H,2-3,12-16,18H2,1H3/b23-17+. The molecule has 0 saturated carbocycles. The van der Waals surface area contributed by atoms with Crippen LogP contribution < -0.4 is 9.64 Å². The van der Waals surface area contributed by atoms with Gasteiger partial charge in [0.05, 0.1) is 18.2 Å². The van der Waals surface area contributed by atoms with Crippen LogP contribution in [0.2, 0.25) is 0 Å². The first-order valence-electron chi connectivity index (χ1n) is 11.2. The molecule has 0 radical (unpaired) electrons. The summed E-state index contributed by atoms with van der Waals surface area (Å²) in [5, 5.41) is -0.253. The molecule has 2 amide bonds. The molecular formula is C25H28FN3O3S. The van der Waals surface area contributed by atoms with Gasteiger partial charge < -0.3 is 9.64 Å². The zero-order chi connectivity index (χ0) is 23.2. The van der Waals surface area contributed by atoms with E-state index in [1.54, 1.807) is 18.2 Å². The van der Waals surface area contributed by atoms with E-state index in [1.807, 2.05) is 24.3 Å². The van der Waals surface area contributed by atoms with E-state index < -0.39 is 0 Å². The van der Waals surface area contributed by atoms with E-state index in [0.717, 1.165) is 54.7 Å². The average molecular weight is 470 g/mol. The smallest absolute Gasteiger partial charge is 0.294 e. The summed E-state index contributed by atoms with van der Waals surface area (Å²) in [5.74, 6) is 0.198. The number of carbonyl (C=O) groups excluding carboxylic acids is 2. The Morgan fingerprint density at radius 1 is 1.03 bits per heavy atom. The number of amides is 2. The largest absolute Gasteiger partial charge is 0.493 e. The Kier molecular flexibility index (Phi) is 7.67. The van der Waals surface area contributed by atoms with Gasteiger partial charge in [0.1, 0.15) is 11.6 Å². The molecule has 2 aliphatic rings. The fourth-order valence-corrected chi connectivity index (χ4v) is 4.64. The Balaban J connectivity index is 1.37. The molecule has 33 heavy (non-hydrogen) atoms. The number of carbonyl (C=O) groups is 2. The van der Waals surface area contributed by atoms with E-state index in [1.165, 1.54) is 17.0 Å². The Hall–Kier alpha value is -2.84. The van der Waals surface area contributed by atoms with Crippen molar-refractivity contribution in [3.8, 4) is 5.75 Å². The molecule has 0 aromatic heterocycles. The third kappa shape index (κ3) is 5.75. The van der Waals surface area contributed by atoms with E-state index in [4.69, 9.17) is 4.74 Å². The maximum Gasteiger partial charge on any atom is 0.294 e. The highest BCUT2D eigenvalue weighted by Gasteiger charge is 2.36. The third-order valence-corrected chi connectivity index (χ3v) is 6.65. The van der Waals surface area contributed by atoms with Gasteiger partial charge in [-0.15, -0.1) is 0 Å². The highest BCUT2D eigenvalue weighted by Crippen LogP contribution is 2.34. The molecule has 0 unspecified atom stereocenters. The molecule has 2 aromatic carbocycles. The summed E-state index contributed by atoms with van der Waals surface area (Å²) < 4.78 is 19.0. The Morgan fingerprint density at radius 3 is 2.48 bits per heavy atom. The number of piperazine rings is 1. The first-order chi connectivity index (χ1) is 16.0. The Labute approximate surface area is 198 Å². The molecular weight excluding hydrogens is 441 g/mol. The normalized spacial score (nSPS) is 18.4. The maximum atomic E-state index is 13.2. The van der Waals surface area contributed by atoms with Crippen molar-refractivity contribution in [3.05, 3.63) is 64.8 Å². The fraction of sp³-hybridized carbons (Fsp3) is 0.360. The van der Waals surface area contributed by atoms with Crippen LogP contribution in [0.3, 0.4) is 0 Å². The number of thioether (sulfide) groups is 1. The van der Waals surface area contributed by atoms with Crippen LogP contribution >= 0.6 is 11.8 Å². The van der Waals surface area contributed by atoms with Crippen molar-refractivity contribution >= 4 is 34.7 Å². The topological polar surface area (TPSA) is 53.1 Å². The fourth-order valence-electron chi connectivity index (χ4n) is 3.82. The van der Waals surface area contributed by atoms with Crippen molar-refractivity contribution in [3.63, 3.8) is 0 Å². The molecule has 0 N–H and O–H groups in total. The first kappa shape index (κ1) is 23.3. The second-order valence-electron chi connectivity index (χ2n) is 8.07. The van der Waals surface area contributed by atoms with Crippen LogP contribution in [0.4, 0.5) is 14.9 Å². The highest BCUT2D eigenvalue weighted by molar-refractivity contribution is 8.18. The van der Waals surface area contributed by atoms with Crippen LogP contribution in [0, 0.1) is 5.82 Å². The summed E-state index contributed by atoms with van der Waals surface area (Å²) in [6.45, 7) is 5.92. The van der Waals surface area contributed by atoms with E-state index >= 15 is 0 Å². The van der Waals surface area contributed by atoms with E-state index in [0.29, 0.717) is 24.6 Å². The minimum absolute atomic E-state index is 0.250. The van der Waals surface area contributed by atoms with Crippen molar-refractivity contribution in [2.75, 3.05) is 44.4 Å². The summed E-state index contributed by atoms with van der Waals surface area (Å²) in [6, 6.07) is 14.0. The SMILES string of the molecule is CCCCOc1ccccc1/C=C1/SC(=O)N(CN2CCN(c3ccc(F)cc3)CC2)C1=O. The van der Waals surface area contributed by atoms with Crippen LogP contribution in [0.5, 0.6) is 5.75 Å². The van der Waals surface area contributed by atoms with Crippen LogP contribution in [-0.4, -0.2) is 60.4 Å². The van der Waals surface area contributed by atoms with Crippen molar-refractivity contribution < 1.29 is 18.7 Å². The van der Waals surface area contributed by atoms with Crippen molar-refractivity contribution in [1.29, 1.82) is 0 Å². The van der Waals surface area contributed by atoms with Crippen molar-refractivity contribution in [1.82, 2.24) is 9.80 Å². The first-order valence-corrected chi connectivity index (χ1v) is 12.1. The number of benzene rings is 2. The molecule has 0 atom stereocenters. The molecule has 2 saturated heterocycles. The van der Waals surface area contributed by atoms with Crippen LogP contribution in [0.15, 0.2) is 53.4 Å². The van der Waals surface area contributed by atoms with Gasteiger partial charge in [0.2, 0.25) is 0 Å². The van der Waals surface area contributed by atoms with Gasteiger partial charge in [-0.25, -0.2) is 4.39 Å². The van der Waals surface area contributed by atoms with Crippen LogP contribution in [0.25, 0.3) is 6.08 Å². The van der Waals surface area contributed by atoms with Gasteiger partial charge in [-0.05, 0) is 54.6 Å². The van der Waals surface area contributed by atoms with Crippen molar-refractivity contribution in [2.24, 2.45) is 0 Å². The van der Waals surface area contributed by atoms with Gasteiger partial charge in [-0.1, -0.05) is 31.5 Å². The molecule has 2 fully saturated rings. The summed E-state index contributed by atoms with van der Waals surface area (Å²) in [4.78, 5) is 31.6. The van der Waals surface area contributed by atoms with E-state index in [9.17, 15) is 14.0 Å². The number of hydrogen-bond donors (Lipinski definition) is 0. The van der Waals surface area contributed by atoms with Gasteiger partial charge in [0.15, 0.2) is 0 Å². The second kappa shape index (κ2) is 10.9. The average Bonchev–Trinajstić information content (AvgIpc) is 3.09. The number of ether oxygens (including phenoxy) is 1. The molecule has 0 aliphatic carbocycles. The summed E-state index contributed by atoms with van der Waals surface area (Å²) in [6.07, 6.45) is 3.75. The highest BCUT2D eigenvalue weighted by atomic mass is 32.2. The zero-order valence-corrected chi connectivity index (χ0v) is 19.5. The monoisotopic (exact) mass is 469 g/mol. The minimum atomic E-state index is -0.269. The maximum absolute atomic E-state index is 13.2. The lowest BCUT2D eigenvalue weighted by Gasteiger charge is -2.37. The molecule has 4 rings (SSSR count). The number of imide groups is 1. The van der Waals surface area contributed by atoms with E-state index in [2.05, 4.69) is 16.7 Å². The van der Waals surface area contributed by atoms with Gasteiger partial charge in [-0.2, -0.15) is 0 Å². The van der Waals surface area contributed by atoms with Gasteiger partial charge in [0, 0.05) is 37.4 Å². The number of hydrogen-bond acceptors (Lipinski definition) is 6. The summed E-state index contributed by atoms with van der Waals surface area (Å²) in [5.41, 5.74) is 1.77. The number of anilines is 1.